The maximum atomic E-state index is 6.02. The van der Waals surface area contributed by atoms with E-state index in [4.69, 9.17) is 11.6 Å². The maximum absolute atomic E-state index is 6.02. The zero-order valence-electron chi connectivity index (χ0n) is 10.7. The molecule has 0 radical (unpaired) electrons. The van der Waals surface area contributed by atoms with Crippen LogP contribution >= 0.6 is 0 Å². The number of nitrogens with two attached hydrogens (primary N) is 2. The zero-order chi connectivity index (χ0) is 12.9. The molecule has 96 valence electrons. The highest BCUT2D eigenvalue weighted by molar-refractivity contribution is 5.70. The van der Waals surface area contributed by atoms with Crippen molar-refractivity contribution in [2.45, 2.75) is 38.6 Å². The molecule has 3 rings (SSSR count). The Hall–Kier alpha value is -1.98. The van der Waals surface area contributed by atoms with Crippen molar-refractivity contribution in [3.63, 3.8) is 0 Å². The molecular formula is C12H18N6. The van der Waals surface area contributed by atoms with Gasteiger partial charge in [0.1, 0.15) is 11.5 Å². The van der Waals surface area contributed by atoms with E-state index in [9.17, 15) is 0 Å². The van der Waals surface area contributed by atoms with Crippen LogP contribution in [0.5, 0.6) is 0 Å². The van der Waals surface area contributed by atoms with Crippen molar-refractivity contribution < 1.29 is 0 Å². The molecule has 0 amide bonds. The van der Waals surface area contributed by atoms with E-state index in [1.165, 1.54) is 4.68 Å². The van der Waals surface area contributed by atoms with Crippen molar-refractivity contribution in [3.8, 4) is 11.3 Å². The number of hydrogen-bond acceptors (Lipinski definition) is 4. The van der Waals surface area contributed by atoms with Crippen molar-refractivity contribution in [3.05, 3.63) is 18.2 Å². The molecular weight excluding hydrogens is 228 g/mol. The van der Waals surface area contributed by atoms with Crippen LogP contribution in [0.25, 0.3) is 11.3 Å². The molecule has 2 aromatic heterocycles. The average Bonchev–Trinajstić information content (AvgIpc) is 2.97. The van der Waals surface area contributed by atoms with Gasteiger partial charge >= 0.3 is 0 Å². The van der Waals surface area contributed by atoms with Gasteiger partial charge in [0.15, 0.2) is 5.82 Å². The zero-order valence-corrected chi connectivity index (χ0v) is 10.7. The molecule has 4 N–H and O–H groups in total. The summed E-state index contributed by atoms with van der Waals surface area (Å²) < 4.78 is 3.40. The van der Waals surface area contributed by atoms with E-state index in [0.717, 1.165) is 29.9 Å². The van der Waals surface area contributed by atoms with Gasteiger partial charge in [-0.3, -0.25) is 4.68 Å². The Balaban J connectivity index is 2.02. The maximum Gasteiger partial charge on any atom is 0.150 e. The number of nitrogens with zero attached hydrogens (tertiary/aromatic N) is 4. The first-order chi connectivity index (χ1) is 8.58. The van der Waals surface area contributed by atoms with Gasteiger partial charge in [0.2, 0.25) is 0 Å². The van der Waals surface area contributed by atoms with Gasteiger partial charge < -0.3 is 11.6 Å². The molecule has 6 nitrogen and oxygen atoms in total. The molecule has 0 aliphatic heterocycles. The van der Waals surface area contributed by atoms with Crippen LogP contribution in [0.1, 0.15) is 44.5 Å². The van der Waals surface area contributed by atoms with Gasteiger partial charge in [-0.25, -0.2) is 9.66 Å². The van der Waals surface area contributed by atoms with Crippen LogP contribution in [-0.4, -0.2) is 19.4 Å². The standard InChI is InChI=1S/C12H18N6/c1-7(2)17-6-9(5-15-17)10-11(13)18(14)12(16-10)8-3-4-8/h5-8H,3-4,13-14H2,1-2H3. The Morgan fingerprint density at radius 3 is 2.67 bits per heavy atom. The first kappa shape index (κ1) is 11.1. The molecule has 18 heavy (non-hydrogen) atoms. The fraction of sp³-hybridized carbons (Fsp3) is 0.500. The Morgan fingerprint density at radius 2 is 2.11 bits per heavy atom. The predicted octanol–water partition coefficient (Wildman–Crippen LogP) is 1.50. The molecule has 1 aliphatic rings. The summed E-state index contributed by atoms with van der Waals surface area (Å²) in [4.78, 5) is 4.57. The first-order valence-corrected chi connectivity index (χ1v) is 6.25. The predicted molar refractivity (Wildman–Crippen MR) is 70.4 cm³/mol. The number of anilines is 1. The van der Waals surface area contributed by atoms with Crippen LogP contribution in [0.15, 0.2) is 12.4 Å². The summed E-state index contributed by atoms with van der Waals surface area (Å²) in [5.74, 6) is 7.83. The van der Waals surface area contributed by atoms with E-state index in [-0.39, 0.29) is 0 Å². The normalized spacial score (nSPS) is 15.5. The lowest BCUT2D eigenvalue weighted by Gasteiger charge is -2.02. The minimum atomic E-state index is 0.322. The van der Waals surface area contributed by atoms with E-state index in [1.54, 1.807) is 6.20 Å². The highest BCUT2D eigenvalue weighted by Gasteiger charge is 2.30. The van der Waals surface area contributed by atoms with E-state index in [2.05, 4.69) is 23.9 Å². The lowest BCUT2D eigenvalue weighted by Crippen LogP contribution is -2.14. The lowest BCUT2D eigenvalue weighted by molar-refractivity contribution is 0.532. The number of nitrogen functional groups attached to an aromatic ring is 2. The van der Waals surface area contributed by atoms with Crippen LogP contribution in [0.4, 0.5) is 5.82 Å². The minimum Gasteiger partial charge on any atom is -0.382 e. The topological polar surface area (TPSA) is 87.7 Å². The van der Waals surface area contributed by atoms with Crippen LogP contribution < -0.4 is 11.6 Å². The van der Waals surface area contributed by atoms with E-state index in [0.29, 0.717) is 17.8 Å². The summed E-state index contributed by atoms with van der Waals surface area (Å²) >= 11 is 0. The third-order valence-electron chi connectivity index (χ3n) is 3.32. The number of imidazole rings is 1. The summed E-state index contributed by atoms with van der Waals surface area (Å²) in [7, 11) is 0. The second-order valence-electron chi connectivity index (χ2n) is 5.15. The fourth-order valence-electron chi connectivity index (χ4n) is 2.05. The largest absolute Gasteiger partial charge is 0.382 e. The van der Waals surface area contributed by atoms with Gasteiger partial charge in [-0.05, 0) is 26.7 Å². The molecule has 0 atom stereocenters. The van der Waals surface area contributed by atoms with Crippen molar-refractivity contribution >= 4 is 5.82 Å². The lowest BCUT2D eigenvalue weighted by atomic mass is 10.2. The molecule has 2 heterocycles. The highest BCUT2D eigenvalue weighted by Crippen LogP contribution is 2.41. The van der Waals surface area contributed by atoms with Crippen molar-refractivity contribution in [1.82, 2.24) is 19.4 Å². The first-order valence-electron chi connectivity index (χ1n) is 6.25. The summed E-state index contributed by atoms with van der Waals surface area (Å²) in [5.41, 5.74) is 7.69. The summed E-state index contributed by atoms with van der Waals surface area (Å²) in [6.07, 6.45) is 6.05. The molecule has 1 fully saturated rings. The molecule has 6 heteroatoms. The second-order valence-corrected chi connectivity index (χ2v) is 5.15. The number of aromatic nitrogens is 4. The number of rotatable bonds is 3. The molecule has 0 spiro atoms. The Bertz CT molecular complexity index is 575. The van der Waals surface area contributed by atoms with Crippen molar-refractivity contribution in [2.24, 2.45) is 0 Å². The van der Waals surface area contributed by atoms with Gasteiger partial charge in [0, 0.05) is 23.7 Å². The Labute approximate surface area is 106 Å². The summed E-state index contributed by atoms with van der Waals surface area (Å²) in [5, 5.41) is 4.30. The van der Waals surface area contributed by atoms with Crippen LogP contribution in [0.2, 0.25) is 0 Å². The molecule has 0 unspecified atom stereocenters. The van der Waals surface area contributed by atoms with Gasteiger partial charge in [0.25, 0.3) is 0 Å². The molecule has 1 aliphatic carbocycles. The quantitative estimate of drug-likeness (QED) is 0.803. The Kier molecular flexibility index (Phi) is 2.33. The van der Waals surface area contributed by atoms with Gasteiger partial charge in [-0.1, -0.05) is 0 Å². The second kappa shape index (κ2) is 3.76. The van der Waals surface area contributed by atoms with Crippen LogP contribution in [0, 0.1) is 0 Å². The summed E-state index contributed by atoms with van der Waals surface area (Å²) in [6, 6.07) is 0.322. The van der Waals surface area contributed by atoms with Gasteiger partial charge in [-0.15, -0.1) is 0 Å². The van der Waals surface area contributed by atoms with E-state index >= 15 is 0 Å². The van der Waals surface area contributed by atoms with Crippen molar-refractivity contribution in [1.29, 1.82) is 0 Å². The van der Waals surface area contributed by atoms with Crippen LogP contribution in [0.3, 0.4) is 0 Å². The Morgan fingerprint density at radius 1 is 1.39 bits per heavy atom. The third kappa shape index (κ3) is 1.64. The molecule has 1 saturated carbocycles. The SMILES string of the molecule is CC(C)n1cc(-c2nc(C3CC3)n(N)c2N)cn1. The fourth-order valence-corrected chi connectivity index (χ4v) is 2.05. The smallest absolute Gasteiger partial charge is 0.150 e. The van der Waals surface area contributed by atoms with E-state index in [1.807, 2.05) is 10.9 Å². The molecule has 0 bridgehead atoms. The third-order valence-corrected chi connectivity index (χ3v) is 3.32. The van der Waals surface area contributed by atoms with Crippen molar-refractivity contribution in [2.75, 3.05) is 11.6 Å². The molecule has 0 saturated heterocycles. The van der Waals surface area contributed by atoms with Gasteiger partial charge in [-0.2, -0.15) is 5.10 Å². The minimum absolute atomic E-state index is 0.322. The summed E-state index contributed by atoms with van der Waals surface area (Å²) in [6.45, 7) is 4.16. The molecule has 2 aromatic rings. The highest BCUT2D eigenvalue weighted by atomic mass is 15.4. The molecule has 0 aromatic carbocycles. The van der Waals surface area contributed by atoms with Crippen LogP contribution in [-0.2, 0) is 0 Å². The number of hydrogen-bond donors (Lipinski definition) is 2. The monoisotopic (exact) mass is 246 g/mol. The van der Waals surface area contributed by atoms with E-state index < -0.39 is 0 Å². The average molecular weight is 246 g/mol. The van der Waals surface area contributed by atoms with Gasteiger partial charge in [0.05, 0.1) is 6.20 Å².